The fraction of sp³-hybridized carbons (Fsp3) is 0.188. The predicted molar refractivity (Wildman–Crippen MR) is 93.9 cm³/mol. The van der Waals surface area contributed by atoms with Gasteiger partial charge in [0.2, 0.25) is 5.91 Å². The Kier molecular flexibility index (Phi) is 5.33. The van der Waals surface area contributed by atoms with E-state index < -0.39 is 4.92 Å². The molecule has 0 saturated carbocycles. The third-order valence-electron chi connectivity index (χ3n) is 3.33. The number of rotatable bonds is 5. The van der Waals surface area contributed by atoms with Crippen LogP contribution in [0.2, 0.25) is 0 Å². The van der Waals surface area contributed by atoms with Crippen molar-refractivity contribution in [2.45, 2.75) is 6.92 Å². The van der Waals surface area contributed by atoms with E-state index in [1.165, 1.54) is 6.07 Å². The van der Waals surface area contributed by atoms with Crippen LogP contribution in [0.5, 0.6) is 0 Å². The molecule has 0 bridgehead atoms. The Morgan fingerprint density at radius 1 is 1.30 bits per heavy atom. The van der Waals surface area contributed by atoms with Crippen LogP contribution in [-0.2, 0) is 4.79 Å². The van der Waals surface area contributed by atoms with Gasteiger partial charge in [-0.3, -0.25) is 14.9 Å². The molecule has 1 amide bonds. The molecule has 0 aromatic heterocycles. The lowest BCUT2D eigenvalue weighted by atomic mass is 10.2. The van der Waals surface area contributed by atoms with Crippen molar-refractivity contribution in [3.63, 3.8) is 0 Å². The standard InChI is InChI=1S/C16H16BrN3O3/c1-11-9-12(17)7-8-13(11)18-16(21)10-19(2)14-5-3-4-6-15(14)20(22)23/h3-9H,10H2,1-2H3,(H,18,21). The molecule has 0 heterocycles. The minimum Gasteiger partial charge on any atom is -0.360 e. The third-order valence-corrected chi connectivity index (χ3v) is 3.83. The van der Waals surface area contributed by atoms with Gasteiger partial charge in [0.05, 0.1) is 11.5 Å². The molecule has 7 heteroatoms. The molecular weight excluding hydrogens is 362 g/mol. The first-order valence-electron chi connectivity index (χ1n) is 6.89. The second-order valence-electron chi connectivity index (χ2n) is 5.11. The summed E-state index contributed by atoms with van der Waals surface area (Å²) in [5.41, 5.74) is 2.03. The second-order valence-corrected chi connectivity index (χ2v) is 6.02. The van der Waals surface area contributed by atoms with Crippen LogP contribution >= 0.6 is 15.9 Å². The van der Waals surface area contributed by atoms with Crippen molar-refractivity contribution in [3.8, 4) is 0 Å². The third kappa shape index (κ3) is 4.29. The minimum absolute atomic E-state index is 0.0142. The fourth-order valence-corrected chi connectivity index (χ4v) is 2.67. The second kappa shape index (κ2) is 7.23. The Morgan fingerprint density at radius 3 is 2.65 bits per heavy atom. The maximum Gasteiger partial charge on any atom is 0.292 e. The molecule has 2 aromatic rings. The van der Waals surface area contributed by atoms with Crippen LogP contribution in [0.4, 0.5) is 17.1 Å². The molecule has 23 heavy (non-hydrogen) atoms. The van der Waals surface area contributed by atoms with Gasteiger partial charge in [0, 0.05) is 23.3 Å². The Balaban J connectivity index is 2.10. The maximum absolute atomic E-state index is 12.2. The monoisotopic (exact) mass is 377 g/mol. The summed E-state index contributed by atoms with van der Waals surface area (Å²) in [6.07, 6.45) is 0. The maximum atomic E-state index is 12.2. The zero-order chi connectivity index (χ0) is 17.0. The van der Waals surface area contributed by atoms with Gasteiger partial charge in [-0.1, -0.05) is 28.1 Å². The molecule has 0 spiro atoms. The number of carbonyl (C=O) groups is 1. The molecule has 0 aliphatic heterocycles. The number of nitrogens with one attached hydrogen (secondary N) is 1. The van der Waals surface area contributed by atoms with Gasteiger partial charge in [0.25, 0.3) is 5.69 Å². The van der Waals surface area contributed by atoms with Crippen molar-refractivity contribution in [2.24, 2.45) is 0 Å². The number of likely N-dealkylation sites (N-methyl/N-ethyl adjacent to an activating group) is 1. The number of amides is 1. The number of benzene rings is 2. The number of nitro benzene ring substituents is 1. The van der Waals surface area contributed by atoms with Crippen LogP contribution < -0.4 is 10.2 Å². The molecule has 0 unspecified atom stereocenters. The van der Waals surface area contributed by atoms with Gasteiger partial charge in [0.15, 0.2) is 0 Å². The lowest BCUT2D eigenvalue weighted by Crippen LogP contribution is -2.30. The molecule has 0 saturated heterocycles. The van der Waals surface area contributed by atoms with E-state index in [4.69, 9.17) is 0 Å². The fourth-order valence-electron chi connectivity index (χ4n) is 2.20. The van der Waals surface area contributed by atoms with Gasteiger partial charge in [-0.05, 0) is 36.8 Å². The molecule has 0 atom stereocenters. The Bertz CT molecular complexity index is 749. The van der Waals surface area contributed by atoms with Gasteiger partial charge in [0.1, 0.15) is 5.69 Å². The van der Waals surface area contributed by atoms with E-state index in [1.54, 1.807) is 30.1 Å². The normalized spacial score (nSPS) is 10.2. The summed E-state index contributed by atoms with van der Waals surface area (Å²) in [6, 6.07) is 11.9. The van der Waals surface area contributed by atoms with Crippen LogP contribution in [-0.4, -0.2) is 24.4 Å². The first kappa shape index (κ1) is 17.0. The number of anilines is 2. The van der Waals surface area contributed by atoms with E-state index in [2.05, 4.69) is 21.2 Å². The number of halogens is 1. The van der Waals surface area contributed by atoms with Crippen molar-refractivity contribution in [3.05, 3.63) is 62.6 Å². The van der Waals surface area contributed by atoms with Crippen molar-refractivity contribution in [1.82, 2.24) is 0 Å². The number of aryl methyl sites for hydroxylation is 1. The van der Waals surface area contributed by atoms with Gasteiger partial charge >= 0.3 is 0 Å². The van der Waals surface area contributed by atoms with E-state index in [0.717, 1.165) is 10.0 Å². The summed E-state index contributed by atoms with van der Waals surface area (Å²) in [6.45, 7) is 1.91. The van der Waals surface area contributed by atoms with E-state index in [0.29, 0.717) is 11.4 Å². The first-order valence-corrected chi connectivity index (χ1v) is 7.68. The smallest absolute Gasteiger partial charge is 0.292 e. The van der Waals surface area contributed by atoms with Gasteiger partial charge in [-0.15, -0.1) is 0 Å². The Hall–Kier alpha value is -2.41. The van der Waals surface area contributed by atoms with Crippen LogP contribution in [0.25, 0.3) is 0 Å². The number of nitro groups is 1. The molecule has 0 fully saturated rings. The largest absolute Gasteiger partial charge is 0.360 e. The number of para-hydroxylation sites is 2. The molecule has 120 valence electrons. The highest BCUT2D eigenvalue weighted by molar-refractivity contribution is 9.10. The molecule has 0 aliphatic carbocycles. The summed E-state index contributed by atoms with van der Waals surface area (Å²) >= 11 is 3.37. The van der Waals surface area contributed by atoms with Crippen LogP contribution in [0, 0.1) is 17.0 Å². The molecule has 0 radical (unpaired) electrons. The van der Waals surface area contributed by atoms with Crippen molar-refractivity contribution < 1.29 is 9.72 Å². The summed E-state index contributed by atoms with van der Waals surface area (Å²) in [5.74, 6) is -0.240. The van der Waals surface area contributed by atoms with Crippen LogP contribution in [0.3, 0.4) is 0 Å². The Labute approximate surface area is 142 Å². The molecule has 2 rings (SSSR count). The average molecular weight is 378 g/mol. The van der Waals surface area contributed by atoms with E-state index >= 15 is 0 Å². The molecule has 1 N–H and O–H groups in total. The quantitative estimate of drug-likeness (QED) is 0.635. The van der Waals surface area contributed by atoms with Crippen molar-refractivity contribution in [1.29, 1.82) is 0 Å². The summed E-state index contributed by atoms with van der Waals surface area (Å²) in [7, 11) is 1.65. The van der Waals surface area contributed by atoms with Gasteiger partial charge in [-0.25, -0.2) is 0 Å². The highest BCUT2D eigenvalue weighted by atomic mass is 79.9. The Morgan fingerprint density at radius 2 is 2.00 bits per heavy atom. The number of carbonyl (C=O) groups excluding carboxylic acids is 1. The van der Waals surface area contributed by atoms with E-state index in [-0.39, 0.29) is 18.1 Å². The van der Waals surface area contributed by atoms with Gasteiger partial charge in [-0.2, -0.15) is 0 Å². The first-order chi connectivity index (χ1) is 10.9. The predicted octanol–water partition coefficient (Wildman–Crippen LogP) is 3.74. The highest BCUT2D eigenvalue weighted by Gasteiger charge is 2.18. The molecule has 2 aromatic carbocycles. The van der Waals surface area contributed by atoms with E-state index in [9.17, 15) is 14.9 Å². The number of hydrogen-bond acceptors (Lipinski definition) is 4. The lowest BCUT2D eigenvalue weighted by molar-refractivity contribution is -0.384. The zero-order valence-electron chi connectivity index (χ0n) is 12.7. The van der Waals surface area contributed by atoms with Crippen LogP contribution in [0.15, 0.2) is 46.9 Å². The number of hydrogen-bond donors (Lipinski definition) is 1. The van der Waals surface area contributed by atoms with Crippen molar-refractivity contribution in [2.75, 3.05) is 23.8 Å². The SMILES string of the molecule is Cc1cc(Br)ccc1NC(=O)CN(C)c1ccccc1[N+](=O)[O-]. The summed E-state index contributed by atoms with van der Waals surface area (Å²) < 4.78 is 0.935. The minimum atomic E-state index is -0.456. The molecular formula is C16H16BrN3O3. The van der Waals surface area contributed by atoms with Crippen molar-refractivity contribution >= 4 is 38.9 Å². The number of nitrogens with zero attached hydrogens (tertiary/aromatic N) is 2. The molecule has 0 aliphatic rings. The van der Waals surface area contributed by atoms with Crippen LogP contribution in [0.1, 0.15) is 5.56 Å². The highest BCUT2D eigenvalue weighted by Crippen LogP contribution is 2.26. The van der Waals surface area contributed by atoms with Gasteiger partial charge < -0.3 is 10.2 Å². The lowest BCUT2D eigenvalue weighted by Gasteiger charge is -2.19. The van der Waals surface area contributed by atoms with E-state index in [1.807, 2.05) is 25.1 Å². The molecule has 6 nitrogen and oxygen atoms in total. The summed E-state index contributed by atoms with van der Waals surface area (Å²) in [5, 5.41) is 13.9. The average Bonchev–Trinajstić information content (AvgIpc) is 2.50. The summed E-state index contributed by atoms with van der Waals surface area (Å²) in [4.78, 5) is 24.3. The zero-order valence-corrected chi connectivity index (χ0v) is 14.3. The topological polar surface area (TPSA) is 75.5 Å².